The third kappa shape index (κ3) is 5.63. The second-order valence-corrected chi connectivity index (χ2v) is 8.56. The maximum Gasteiger partial charge on any atom is 0.307 e. The van der Waals surface area contributed by atoms with Gasteiger partial charge in [-0.3, -0.25) is 4.79 Å². The number of hydrogen-bond acceptors (Lipinski definition) is 6. The van der Waals surface area contributed by atoms with Gasteiger partial charge in [-0.25, -0.2) is 9.37 Å². The molecule has 0 radical (unpaired) electrons. The van der Waals surface area contributed by atoms with Crippen molar-refractivity contribution in [1.82, 2.24) is 10.3 Å². The standard InChI is InChI=1S/C26H29FN4O3/c1-16(19-8-17(10-24(32)33)9-21(11-19)34-2)13-29-25(18-6-4-3-5-7-18)23-15-28-22-12-20(27)14-30-26(22)31-23/h3-9,11-12,14,16,23,25,28-29H,10,13,15H2,1-2H3,(H,30,31)(H,32,33)/t16-,23-,25-/m1/s1. The molecule has 0 bridgehead atoms. The molecule has 2 aromatic carbocycles. The van der Waals surface area contributed by atoms with E-state index in [2.05, 4.69) is 40.0 Å². The second-order valence-electron chi connectivity index (χ2n) is 8.56. The van der Waals surface area contributed by atoms with Crippen LogP contribution >= 0.6 is 0 Å². The molecule has 0 saturated heterocycles. The van der Waals surface area contributed by atoms with Crippen LogP contribution in [0.2, 0.25) is 0 Å². The lowest BCUT2D eigenvalue weighted by atomic mass is 9.94. The van der Waals surface area contributed by atoms with Gasteiger partial charge < -0.3 is 25.8 Å². The zero-order valence-corrected chi connectivity index (χ0v) is 19.2. The van der Waals surface area contributed by atoms with Gasteiger partial charge in [0.2, 0.25) is 0 Å². The average Bonchev–Trinajstić information content (AvgIpc) is 2.84. The molecular weight excluding hydrogens is 435 g/mol. The molecule has 0 aliphatic carbocycles. The van der Waals surface area contributed by atoms with Gasteiger partial charge in [-0.15, -0.1) is 0 Å². The van der Waals surface area contributed by atoms with Crippen molar-refractivity contribution in [2.45, 2.75) is 31.3 Å². The van der Waals surface area contributed by atoms with E-state index in [1.54, 1.807) is 13.2 Å². The first-order valence-corrected chi connectivity index (χ1v) is 11.3. The van der Waals surface area contributed by atoms with Crippen molar-refractivity contribution in [1.29, 1.82) is 0 Å². The number of hydrogen-bond donors (Lipinski definition) is 4. The minimum atomic E-state index is -0.876. The maximum absolute atomic E-state index is 13.6. The highest BCUT2D eigenvalue weighted by Crippen LogP contribution is 2.30. The first-order chi connectivity index (χ1) is 16.4. The topological polar surface area (TPSA) is 95.5 Å². The summed E-state index contributed by atoms with van der Waals surface area (Å²) in [7, 11) is 1.58. The van der Waals surface area contributed by atoms with Gasteiger partial charge in [0.05, 0.1) is 37.5 Å². The van der Waals surface area contributed by atoms with Gasteiger partial charge in [0.25, 0.3) is 0 Å². The number of carbonyl (C=O) groups is 1. The Hall–Kier alpha value is -3.65. The molecule has 8 heteroatoms. The SMILES string of the molecule is COc1cc(CC(=O)O)cc([C@H](C)CN[C@H](c2ccccc2)[C@H]2CNc3cc(F)cnc3N2)c1. The molecule has 3 atom stereocenters. The predicted molar refractivity (Wildman–Crippen MR) is 130 cm³/mol. The van der Waals surface area contributed by atoms with Crippen LogP contribution in [0.3, 0.4) is 0 Å². The van der Waals surface area contributed by atoms with E-state index in [1.807, 2.05) is 30.3 Å². The van der Waals surface area contributed by atoms with E-state index < -0.39 is 5.97 Å². The number of rotatable bonds is 9. The van der Waals surface area contributed by atoms with Crippen molar-refractivity contribution < 1.29 is 19.0 Å². The summed E-state index contributed by atoms with van der Waals surface area (Å²) in [4.78, 5) is 15.4. The molecule has 1 aromatic heterocycles. The number of methoxy groups -OCH3 is 1. The van der Waals surface area contributed by atoms with Gasteiger partial charge in [-0.2, -0.15) is 0 Å². The molecule has 34 heavy (non-hydrogen) atoms. The van der Waals surface area contributed by atoms with Gasteiger partial charge in [-0.05, 0) is 34.7 Å². The van der Waals surface area contributed by atoms with Crippen LogP contribution in [0.1, 0.15) is 35.6 Å². The van der Waals surface area contributed by atoms with Crippen LogP contribution in [0.25, 0.3) is 0 Å². The Bertz CT molecular complexity index is 1140. The summed E-state index contributed by atoms with van der Waals surface area (Å²) in [5, 5.41) is 19.6. The molecule has 0 amide bonds. The third-order valence-electron chi connectivity index (χ3n) is 6.04. The number of aliphatic carboxylic acids is 1. The lowest BCUT2D eigenvalue weighted by Crippen LogP contribution is -2.45. The quantitative estimate of drug-likeness (QED) is 0.377. The molecule has 4 rings (SSSR count). The van der Waals surface area contributed by atoms with Crippen molar-refractivity contribution in [2.75, 3.05) is 30.8 Å². The van der Waals surface area contributed by atoms with Crippen molar-refractivity contribution in [3.63, 3.8) is 0 Å². The van der Waals surface area contributed by atoms with Gasteiger partial charge in [0.15, 0.2) is 0 Å². The fraction of sp³-hybridized carbons (Fsp3) is 0.308. The molecule has 1 aliphatic rings. The number of fused-ring (bicyclic) bond motifs is 1. The molecular formula is C26H29FN4O3. The minimum absolute atomic E-state index is 0.0204. The molecule has 7 nitrogen and oxygen atoms in total. The maximum atomic E-state index is 13.6. The van der Waals surface area contributed by atoms with E-state index in [4.69, 9.17) is 4.74 Å². The minimum Gasteiger partial charge on any atom is -0.497 e. The largest absolute Gasteiger partial charge is 0.497 e. The van der Waals surface area contributed by atoms with Crippen LogP contribution < -0.4 is 20.7 Å². The third-order valence-corrected chi connectivity index (χ3v) is 6.04. The highest BCUT2D eigenvalue weighted by molar-refractivity contribution is 5.70. The Balaban J connectivity index is 1.53. The van der Waals surface area contributed by atoms with Crippen molar-refractivity contribution in [2.24, 2.45) is 0 Å². The van der Waals surface area contributed by atoms with E-state index in [9.17, 15) is 14.3 Å². The van der Waals surface area contributed by atoms with E-state index in [-0.39, 0.29) is 30.2 Å². The van der Waals surface area contributed by atoms with Gasteiger partial charge in [0.1, 0.15) is 17.4 Å². The van der Waals surface area contributed by atoms with Crippen molar-refractivity contribution >= 4 is 17.5 Å². The number of carboxylic acid groups (broad SMARTS) is 1. The number of anilines is 2. The first kappa shape index (κ1) is 23.5. The van der Waals surface area contributed by atoms with Crippen molar-refractivity contribution in [3.05, 3.63) is 83.3 Å². The molecule has 0 saturated carbocycles. The van der Waals surface area contributed by atoms with Crippen LogP contribution in [0.4, 0.5) is 15.9 Å². The highest BCUT2D eigenvalue weighted by atomic mass is 19.1. The van der Waals surface area contributed by atoms with Crippen LogP contribution in [0, 0.1) is 5.82 Å². The zero-order valence-electron chi connectivity index (χ0n) is 19.2. The summed E-state index contributed by atoms with van der Waals surface area (Å²) in [6.45, 7) is 3.35. The number of ether oxygens (including phenoxy) is 1. The molecule has 0 fully saturated rings. The summed E-state index contributed by atoms with van der Waals surface area (Å²) in [5.41, 5.74) is 3.49. The van der Waals surface area contributed by atoms with Gasteiger partial charge in [0, 0.05) is 19.2 Å². The number of nitrogens with one attached hydrogen (secondary N) is 3. The molecule has 0 spiro atoms. The van der Waals surface area contributed by atoms with Gasteiger partial charge in [-0.1, -0.05) is 43.3 Å². The first-order valence-electron chi connectivity index (χ1n) is 11.3. The van der Waals surface area contributed by atoms with E-state index >= 15 is 0 Å². The van der Waals surface area contributed by atoms with Crippen LogP contribution in [-0.2, 0) is 11.2 Å². The monoisotopic (exact) mass is 464 g/mol. The molecule has 3 aromatic rings. The molecule has 178 valence electrons. The Morgan fingerprint density at radius 3 is 2.76 bits per heavy atom. The van der Waals surface area contributed by atoms with Crippen LogP contribution in [0.15, 0.2) is 60.8 Å². The van der Waals surface area contributed by atoms with E-state index in [0.717, 1.165) is 11.1 Å². The molecule has 4 N–H and O–H groups in total. The second kappa shape index (κ2) is 10.5. The smallest absolute Gasteiger partial charge is 0.307 e. The highest BCUT2D eigenvalue weighted by Gasteiger charge is 2.28. The Labute approximate surface area is 198 Å². The summed E-state index contributed by atoms with van der Waals surface area (Å²) in [6.07, 6.45) is 1.15. The lowest BCUT2D eigenvalue weighted by molar-refractivity contribution is -0.136. The molecule has 1 aliphatic heterocycles. The number of pyridine rings is 1. The Morgan fingerprint density at radius 2 is 2.03 bits per heavy atom. The Kier molecular flexibility index (Phi) is 7.27. The lowest BCUT2D eigenvalue weighted by Gasteiger charge is -2.35. The zero-order chi connectivity index (χ0) is 24.1. The molecule has 2 heterocycles. The summed E-state index contributed by atoms with van der Waals surface area (Å²) in [5.74, 6) is 0.120. The summed E-state index contributed by atoms with van der Waals surface area (Å²) >= 11 is 0. The fourth-order valence-electron chi connectivity index (χ4n) is 4.28. The fourth-order valence-corrected chi connectivity index (χ4v) is 4.28. The average molecular weight is 465 g/mol. The van der Waals surface area contributed by atoms with E-state index in [1.165, 1.54) is 12.3 Å². The number of aromatic nitrogens is 1. The van der Waals surface area contributed by atoms with Crippen LogP contribution in [-0.4, -0.2) is 42.3 Å². The summed E-state index contributed by atoms with van der Waals surface area (Å²) in [6, 6.07) is 17.2. The number of halogens is 1. The van der Waals surface area contributed by atoms with Gasteiger partial charge >= 0.3 is 5.97 Å². The summed E-state index contributed by atoms with van der Waals surface area (Å²) < 4.78 is 18.9. The van der Waals surface area contributed by atoms with E-state index in [0.29, 0.717) is 35.9 Å². The van der Waals surface area contributed by atoms with Crippen molar-refractivity contribution in [3.8, 4) is 5.75 Å². The number of nitrogens with zero attached hydrogens (tertiary/aromatic N) is 1. The normalized spacial score (nSPS) is 16.5. The predicted octanol–water partition coefficient (Wildman–Crippen LogP) is 4.20. The number of benzene rings is 2. The molecule has 0 unspecified atom stereocenters. The number of carboxylic acids is 1. The van der Waals surface area contributed by atoms with Crippen LogP contribution in [0.5, 0.6) is 5.75 Å². The Morgan fingerprint density at radius 1 is 1.24 bits per heavy atom.